The monoisotopic (exact) mass is 685 g/mol. The number of nitrogens with one attached hydrogen (secondary N) is 1. The van der Waals surface area contributed by atoms with E-state index in [1.54, 1.807) is 6.08 Å². The smallest absolute Gasteiger partial charge is 0.268 e. The summed E-state index contributed by atoms with van der Waals surface area (Å²) in [4.78, 5) is 25.0. The van der Waals surface area contributed by atoms with Crippen molar-refractivity contribution >= 4 is 13.7 Å². The van der Waals surface area contributed by atoms with Crippen LogP contribution in [-0.4, -0.2) is 68.5 Å². The topological polar surface area (TPSA) is 108 Å². The predicted octanol–water partition coefficient (Wildman–Crippen LogP) is 8.94. The number of rotatable bonds is 33. The summed E-state index contributed by atoms with van der Waals surface area (Å²) in [6.45, 7) is 4.54. The standard InChI is InChI=1S/C38H73N2O6P/c1-6-8-10-12-14-16-17-18-19-20-21-22-23-24-25-27-29-31-37(41)36(35-46-47(43,44)45-34-33-40(3,4)5)39-38(42)32-30-28-26-15-13-11-9-7-2/h19-20,23-24,29,31,36-37,41H,6-18,21-22,25-28,30,32-35H2,1-5H3,(H-,39,42,43,44)/b20-19+,24-23+,31-29+. The molecule has 0 rings (SSSR count). The summed E-state index contributed by atoms with van der Waals surface area (Å²) >= 11 is 0. The first-order chi connectivity index (χ1) is 22.5. The lowest BCUT2D eigenvalue weighted by Crippen LogP contribution is -2.45. The van der Waals surface area contributed by atoms with Gasteiger partial charge >= 0.3 is 0 Å². The minimum atomic E-state index is -4.58. The molecule has 0 saturated heterocycles. The highest BCUT2D eigenvalue weighted by atomic mass is 31.2. The number of nitrogens with zero attached hydrogens (tertiary/aromatic N) is 1. The van der Waals surface area contributed by atoms with Crippen LogP contribution in [0.25, 0.3) is 0 Å². The second-order valence-electron chi connectivity index (χ2n) is 13.9. The molecule has 8 nitrogen and oxygen atoms in total. The lowest BCUT2D eigenvalue weighted by Gasteiger charge is -2.29. The number of hydrogen-bond donors (Lipinski definition) is 2. The summed E-state index contributed by atoms with van der Waals surface area (Å²) in [6.07, 6.45) is 34.8. The third-order valence-corrected chi connectivity index (χ3v) is 9.04. The van der Waals surface area contributed by atoms with Gasteiger partial charge in [-0.05, 0) is 44.9 Å². The van der Waals surface area contributed by atoms with Crippen LogP contribution in [0.4, 0.5) is 0 Å². The fraction of sp³-hybridized carbons (Fsp3) is 0.816. The van der Waals surface area contributed by atoms with E-state index in [2.05, 4.69) is 43.5 Å². The van der Waals surface area contributed by atoms with Gasteiger partial charge in [-0.2, -0.15) is 0 Å². The number of quaternary nitrogens is 1. The van der Waals surface area contributed by atoms with Crippen molar-refractivity contribution in [2.45, 2.75) is 161 Å². The molecule has 0 aliphatic rings. The van der Waals surface area contributed by atoms with Crippen LogP contribution in [0.5, 0.6) is 0 Å². The van der Waals surface area contributed by atoms with Gasteiger partial charge in [0.1, 0.15) is 13.2 Å². The van der Waals surface area contributed by atoms with Crippen LogP contribution < -0.4 is 10.2 Å². The molecule has 0 spiro atoms. The van der Waals surface area contributed by atoms with E-state index in [9.17, 15) is 19.4 Å². The molecule has 0 saturated carbocycles. The van der Waals surface area contributed by atoms with Gasteiger partial charge in [-0.3, -0.25) is 9.36 Å². The molecule has 2 N–H and O–H groups in total. The Morgan fingerprint density at radius 1 is 0.723 bits per heavy atom. The summed E-state index contributed by atoms with van der Waals surface area (Å²) in [5.74, 6) is -0.219. The maximum Gasteiger partial charge on any atom is 0.268 e. The predicted molar refractivity (Wildman–Crippen MR) is 196 cm³/mol. The van der Waals surface area contributed by atoms with Crippen LogP contribution in [-0.2, 0) is 18.4 Å². The molecule has 0 aromatic carbocycles. The van der Waals surface area contributed by atoms with Crippen molar-refractivity contribution in [3.63, 3.8) is 0 Å². The molecule has 0 fully saturated rings. The molecule has 0 heterocycles. The van der Waals surface area contributed by atoms with Crippen molar-refractivity contribution in [3.05, 3.63) is 36.5 Å². The lowest BCUT2D eigenvalue weighted by molar-refractivity contribution is -0.870. The van der Waals surface area contributed by atoms with Crippen LogP contribution in [0.3, 0.4) is 0 Å². The number of carbonyl (C=O) groups excluding carboxylic acids is 1. The summed E-state index contributed by atoms with van der Waals surface area (Å²) in [6, 6.07) is -0.902. The van der Waals surface area contributed by atoms with E-state index in [0.717, 1.165) is 44.9 Å². The average molecular weight is 685 g/mol. The summed E-state index contributed by atoms with van der Waals surface area (Å²) in [5, 5.41) is 13.6. The lowest BCUT2D eigenvalue weighted by atomic mass is 10.1. The molecule has 276 valence electrons. The Morgan fingerprint density at radius 2 is 1.19 bits per heavy atom. The third kappa shape index (κ3) is 33.0. The van der Waals surface area contributed by atoms with Crippen LogP contribution in [0.15, 0.2) is 36.5 Å². The first kappa shape index (κ1) is 45.7. The number of aliphatic hydroxyl groups excluding tert-OH is 1. The van der Waals surface area contributed by atoms with Gasteiger partial charge in [-0.15, -0.1) is 0 Å². The second kappa shape index (κ2) is 30.8. The highest BCUT2D eigenvalue weighted by Crippen LogP contribution is 2.38. The maximum absolute atomic E-state index is 12.7. The van der Waals surface area contributed by atoms with Crippen LogP contribution in [0.1, 0.15) is 149 Å². The van der Waals surface area contributed by atoms with Crippen molar-refractivity contribution in [1.82, 2.24) is 5.32 Å². The molecule has 1 amide bonds. The SMILES string of the molecule is CCCCCCCCC/C=C/CC/C=C/CC/C=C/C(O)C(COP(=O)([O-])OCC[N+](C)(C)C)NC(=O)CCCCCCCCCC. The number of phosphoric ester groups is 1. The van der Waals surface area contributed by atoms with E-state index in [-0.39, 0.29) is 12.5 Å². The third-order valence-electron chi connectivity index (χ3n) is 8.08. The summed E-state index contributed by atoms with van der Waals surface area (Å²) in [7, 11) is 1.23. The quantitative estimate of drug-likeness (QED) is 0.0309. The molecule has 47 heavy (non-hydrogen) atoms. The molecule has 9 heteroatoms. The van der Waals surface area contributed by atoms with Crippen molar-refractivity contribution in [2.75, 3.05) is 40.9 Å². The molecule has 0 bridgehead atoms. The van der Waals surface area contributed by atoms with Crippen molar-refractivity contribution < 1.29 is 32.9 Å². The van der Waals surface area contributed by atoms with Gasteiger partial charge in [-0.25, -0.2) is 0 Å². The number of amides is 1. The van der Waals surface area contributed by atoms with Gasteiger partial charge in [-0.1, -0.05) is 134 Å². The van der Waals surface area contributed by atoms with E-state index in [4.69, 9.17) is 9.05 Å². The number of aliphatic hydroxyl groups is 1. The van der Waals surface area contributed by atoms with Crippen LogP contribution in [0, 0.1) is 0 Å². The molecule has 3 unspecified atom stereocenters. The fourth-order valence-electron chi connectivity index (χ4n) is 5.00. The average Bonchev–Trinajstić information content (AvgIpc) is 3.01. The Kier molecular flexibility index (Phi) is 29.9. The van der Waals surface area contributed by atoms with E-state index >= 15 is 0 Å². The molecular weight excluding hydrogens is 611 g/mol. The molecule has 0 aliphatic heterocycles. The minimum absolute atomic E-state index is 0.00867. The zero-order valence-corrected chi connectivity index (χ0v) is 31.9. The normalized spacial score (nSPS) is 15.1. The Morgan fingerprint density at radius 3 is 1.72 bits per heavy atom. The number of likely N-dealkylation sites (N-methyl/N-ethyl adjacent to an activating group) is 1. The first-order valence-electron chi connectivity index (χ1n) is 18.9. The Balaban J connectivity index is 4.59. The van der Waals surface area contributed by atoms with E-state index < -0.39 is 26.6 Å². The minimum Gasteiger partial charge on any atom is -0.756 e. The second-order valence-corrected chi connectivity index (χ2v) is 15.3. The van der Waals surface area contributed by atoms with E-state index in [1.165, 1.54) is 83.5 Å². The molecule has 0 aromatic rings. The zero-order chi connectivity index (χ0) is 35.1. The van der Waals surface area contributed by atoms with Crippen LogP contribution in [0.2, 0.25) is 0 Å². The number of hydrogen-bond acceptors (Lipinski definition) is 6. The zero-order valence-electron chi connectivity index (χ0n) is 31.0. The Bertz CT molecular complexity index is 871. The van der Waals surface area contributed by atoms with E-state index in [0.29, 0.717) is 17.4 Å². The van der Waals surface area contributed by atoms with Gasteiger partial charge in [0, 0.05) is 6.42 Å². The molecule has 0 aromatic heterocycles. The van der Waals surface area contributed by atoms with Crippen LogP contribution >= 0.6 is 7.82 Å². The number of carbonyl (C=O) groups is 1. The fourth-order valence-corrected chi connectivity index (χ4v) is 5.73. The molecule has 0 aliphatic carbocycles. The number of allylic oxidation sites excluding steroid dienone is 5. The maximum atomic E-state index is 12.7. The van der Waals surface area contributed by atoms with Crippen molar-refractivity contribution in [1.29, 1.82) is 0 Å². The number of unbranched alkanes of at least 4 members (excludes halogenated alkanes) is 16. The Labute approximate surface area is 289 Å². The first-order valence-corrected chi connectivity index (χ1v) is 20.3. The summed E-state index contributed by atoms with van der Waals surface area (Å²) in [5.41, 5.74) is 0. The van der Waals surface area contributed by atoms with Gasteiger partial charge in [0.05, 0.1) is 39.9 Å². The molecule has 3 atom stereocenters. The van der Waals surface area contributed by atoms with E-state index in [1.807, 2.05) is 27.2 Å². The highest BCUT2D eigenvalue weighted by Gasteiger charge is 2.23. The van der Waals surface area contributed by atoms with Crippen molar-refractivity contribution in [3.8, 4) is 0 Å². The molecule has 0 radical (unpaired) electrons. The largest absolute Gasteiger partial charge is 0.756 e. The molecular formula is C38H73N2O6P. The van der Waals surface area contributed by atoms with Gasteiger partial charge in [0.2, 0.25) is 5.91 Å². The number of phosphoric acid groups is 1. The summed E-state index contributed by atoms with van der Waals surface area (Å²) < 4.78 is 23.0. The van der Waals surface area contributed by atoms with Crippen molar-refractivity contribution in [2.24, 2.45) is 0 Å². The van der Waals surface area contributed by atoms with Gasteiger partial charge < -0.3 is 28.8 Å². The van der Waals surface area contributed by atoms with Gasteiger partial charge in [0.15, 0.2) is 0 Å². The Hall–Kier alpha value is -1.28. The highest BCUT2D eigenvalue weighted by molar-refractivity contribution is 7.45. The van der Waals surface area contributed by atoms with Gasteiger partial charge in [0.25, 0.3) is 7.82 Å².